The molecule has 0 radical (unpaired) electrons. The number of nitrogens with one attached hydrogen (secondary N) is 3. The summed E-state index contributed by atoms with van der Waals surface area (Å²) < 4.78 is 67.4. The average molecular weight is 519 g/mol. The molecule has 0 spiro atoms. The van der Waals surface area contributed by atoms with Gasteiger partial charge in [0.05, 0.1) is 18.1 Å². The lowest BCUT2D eigenvalue weighted by Gasteiger charge is -2.34. The Morgan fingerprint density at radius 1 is 1.06 bits per heavy atom. The van der Waals surface area contributed by atoms with Crippen LogP contribution in [-0.4, -0.2) is 107 Å². The molecule has 2 heterocycles. The topological polar surface area (TPSA) is 258 Å². The molecule has 33 heavy (non-hydrogen) atoms. The number of aromatic nitrogens is 2. The fourth-order valence-corrected chi connectivity index (χ4v) is 4.06. The summed E-state index contributed by atoms with van der Waals surface area (Å²) in [7, 11) is -8.58. The third-order valence-electron chi connectivity index (χ3n) is 4.89. The van der Waals surface area contributed by atoms with E-state index in [0.29, 0.717) is 0 Å². The molecule has 0 unspecified atom stereocenters. The predicted octanol–water partition coefficient (Wildman–Crippen LogP) is -5.24. The summed E-state index contributed by atoms with van der Waals surface area (Å²) in [6.45, 7) is -2.06. The number of aliphatic hydroxyl groups is 3. The van der Waals surface area contributed by atoms with E-state index in [9.17, 15) is 41.7 Å². The lowest BCUT2D eigenvalue weighted by Crippen LogP contribution is -2.57. The van der Waals surface area contributed by atoms with Crippen molar-refractivity contribution in [1.82, 2.24) is 20.2 Å². The van der Waals surface area contributed by atoms with Crippen molar-refractivity contribution in [3.63, 3.8) is 0 Å². The van der Waals surface area contributed by atoms with Gasteiger partial charge in [0.2, 0.25) is 0 Å². The molecule has 4 atom stereocenters. The summed E-state index contributed by atoms with van der Waals surface area (Å²) in [5.41, 5.74) is -4.13. The average Bonchev–Trinajstić information content (AvgIpc) is 2.94. The van der Waals surface area contributed by atoms with Crippen LogP contribution in [0.2, 0.25) is 0 Å². The highest BCUT2D eigenvalue weighted by Gasteiger charge is 2.55. The van der Waals surface area contributed by atoms with Crippen molar-refractivity contribution in [2.24, 2.45) is 0 Å². The first-order valence-corrected chi connectivity index (χ1v) is 12.7. The van der Waals surface area contributed by atoms with Gasteiger partial charge in [-0.1, -0.05) is 0 Å². The van der Waals surface area contributed by atoms with Crippen molar-refractivity contribution >= 4 is 20.2 Å². The monoisotopic (exact) mass is 518 g/mol. The third-order valence-corrected chi connectivity index (χ3v) is 6.33. The Bertz CT molecular complexity index is 1150. The van der Waals surface area contributed by atoms with Crippen LogP contribution in [0.5, 0.6) is 0 Å². The Labute approximate surface area is 187 Å². The molecular weight excluding hydrogens is 492 g/mol. The molecule has 190 valence electrons. The van der Waals surface area contributed by atoms with Gasteiger partial charge in [0.15, 0.2) is 5.72 Å². The van der Waals surface area contributed by atoms with E-state index in [1.54, 1.807) is 0 Å². The van der Waals surface area contributed by atoms with Crippen molar-refractivity contribution in [2.45, 2.75) is 30.6 Å². The van der Waals surface area contributed by atoms with Crippen LogP contribution < -0.4 is 21.9 Å². The van der Waals surface area contributed by atoms with E-state index in [-0.39, 0.29) is 25.2 Å². The molecule has 1 aromatic heterocycles. The highest BCUT2D eigenvalue weighted by molar-refractivity contribution is 7.86. The summed E-state index contributed by atoms with van der Waals surface area (Å²) in [6.07, 6.45) is -3.83. The number of rotatable bonds is 12. The molecule has 2 rings (SSSR count). The smallest absolute Gasteiger partial charge is 0.330 e. The molecule has 0 bridgehead atoms. The summed E-state index contributed by atoms with van der Waals surface area (Å²) in [5, 5.41) is 35.5. The van der Waals surface area contributed by atoms with Crippen LogP contribution in [-0.2, 0) is 37.2 Å². The van der Waals surface area contributed by atoms with Crippen LogP contribution >= 0.6 is 0 Å². The van der Waals surface area contributed by atoms with Crippen LogP contribution in [0.1, 0.15) is 5.56 Å². The van der Waals surface area contributed by atoms with Crippen LogP contribution in [0.15, 0.2) is 15.8 Å². The van der Waals surface area contributed by atoms with Gasteiger partial charge in [-0.25, -0.2) is 4.79 Å². The maximum absolute atomic E-state index is 12.6. The second kappa shape index (κ2) is 10.7. The second-order valence-electron chi connectivity index (χ2n) is 7.33. The second-order valence-corrected chi connectivity index (χ2v) is 10.5. The normalized spacial score (nSPS) is 26.0. The molecule has 1 aliphatic rings. The predicted molar refractivity (Wildman–Crippen MR) is 111 cm³/mol. The van der Waals surface area contributed by atoms with E-state index in [0.717, 1.165) is 10.8 Å². The molecule has 18 heteroatoms. The van der Waals surface area contributed by atoms with Gasteiger partial charge in [0.1, 0.15) is 18.3 Å². The Hall–Kier alpha value is -1.74. The molecule has 16 nitrogen and oxygen atoms in total. The van der Waals surface area contributed by atoms with Crippen molar-refractivity contribution in [1.29, 1.82) is 0 Å². The zero-order valence-corrected chi connectivity index (χ0v) is 18.7. The summed E-state index contributed by atoms with van der Waals surface area (Å²) in [5.74, 6) is -1.35. The number of ether oxygens (including phenoxy) is 1. The van der Waals surface area contributed by atoms with Crippen LogP contribution in [0.25, 0.3) is 0 Å². The number of hydrogen-bond donors (Lipinski definition) is 8. The standard InChI is InChI=1S/C15H26N4O12S2/c20-7-10-11(21)12(22)15(31-10,8-17-2-4-33(28,29)30)19-6-9(13(23)18-14(19)24)5-16-1-3-32(25,26)27/h6,10-12,16-17,20-22H,1-5,7-8H2,(H,18,23,24)(H,25,26,27)(H,28,29,30)/t10-,11-,12-,15-/m1/s1. The molecule has 0 aliphatic carbocycles. The first kappa shape index (κ1) is 27.5. The quantitative estimate of drug-likeness (QED) is 0.0950. The molecule has 0 aromatic carbocycles. The van der Waals surface area contributed by atoms with Gasteiger partial charge in [-0.2, -0.15) is 16.8 Å². The number of H-pyrrole nitrogens is 1. The Balaban J connectivity index is 2.37. The van der Waals surface area contributed by atoms with E-state index in [1.165, 1.54) is 0 Å². The minimum absolute atomic E-state index is 0.111. The number of hydrogen-bond acceptors (Lipinski definition) is 12. The zero-order valence-electron chi connectivity index (χ0n) is 17.1. The van der Waals surface area contributed by atoms with Gasteiger partial charge in [-0.3, -0.25) is 23.5 Å². The van der Waals surface area contributed by atoms with Crippen molar-refractivity contribution in [2.75, 3.05) is 37.7 Å². The van der Waals surface area contributed by atoms with Gasteiger partial charge < -0.3 is 30.7 Å². The van der Waals surface area contributed by atoms with Crippen molar-refractivity contribution in [3.8, 4) is 0 Å². The summed E-state index contributed by atoms with van der Waals surface area (Å²) in [6, 6.07) is 0. The minimum Gasteiger partial charge on any atom is -0.394 e. The highest BCUT2D eigenvalue weighted by Crippen LogP contribution is 2.34. The van der Waals surface area contributed by atoms with Gasteiger partial charge in [-0.05, 0) is 0 Å². The molecule has 1 fully saturated rings. The van der Waals surface area contributed by atoms with Gasteiger partial charge in [0.25, 0.3) is 25.8 Å². The molecule has 1 aromatic rings. The van der Waals surface area contributed by atoms with Crippen LogP contribution in [0.4, 0.5) is 0 Å². The SMILES string of the molecule is O=c1[nH]c(=O)n([C@]2(CNCCS(=O)(=O)O)O[C@H](CO)[C@@H](O)[C@H]2O)cc1CNCCS(=O)(=O)O. The zero-order chi connectivity index (χ0) is 25.0. The highest BCUT2D eigenvalue weighted by atomic mass is 32.2. The number of nitrogens with zero attached hydrogens (tertiary/aromatic N) is 1. The fraction of sp³-hybridized carbons (Fsp3) is 0.733. The van der Waals surface area contributed by atoms with Crippen molar-refractivity contribution < 1.29 is 46.0 Å². The van der Waals surface area contributed by atoms with E-state index < -0.39 is 80.2 Å². The minimum atomic E-state index is -4.33. The Morgan fingerprint density at radius 2 is 1.64 bits per heavy atom. The van der Waals surface area contributed by atoms with Gasteiger partial charge in [-0.15, -0.1) is 0 Å². The molecule has 0 saturated carbocycles. The molecule has 1 saturated heterocycles. The number of aliphatic hydroxyl groups excluding tert-OH is 3. The van der Waals surface area contributed by atoms with Crippen molar-refractivity contribution in [3.05, 3.63) is 32.6 Å². The third kappa shape index (κ3) is 7.12. The fourth-order valence-electron chi connectivity index (χ4n) is 3.26. The van der Waals surface area contributed by atoms with Crippen LogP contribution in [0.3, 0.4) is 0 Å². The Morgan fingerprint density at radius 3 is 2.15 bits per heavy atom. The van der Waals surface area contributed by atoms with Crippen LogP contribution in [0, 0.1) is 0 Å². The molecule has 1 aliphatic heterocycles. The largest absolute Gasteiger partial charge is 0.394 e. The molecule has 0 amide bonds. The maximum atomic E-state index is 12.6. The lowest BCUT2D eigenvalue weighted by atomic mass is 10.0. The van der Waals surface area contributed by atoms with E-state index >= 15 is 0 Å². The van der Waals surface area contributed by atoms with E-state index in [1.807, 2.05) is 4.98 Å². The first-order valence-electron chi connectivity index (χ1n) is 9.52. The van der Waals surface area contributed by atoms with Gasteiger partial charge >= 0.3 is 5.69 Å². The first-order chi connectivity index (χ1) is 15.2. The summed E-state index contributed by atoms with van der Waals surface area (Å²) in [4.78, 5) is 26.7. The number of aromatic amines is 1. The van der Waals surface area contributed by atoms with E-state index in [2.05, 4.69) is 10.6 Å². The molecule has 8 N–H and O–H groups in total. The lowest BCUT2D eigenvalue weighted by molar-refractivity contribution is -0.147. The Kier molecular flexibility index (Phi) is 8.90. The molecular formula is C15H26N4O12S2. The van der Waals surface area contributed by atoms with Gasteiger partial charge in [0, 0.05) is 37.9 Å². The summed E-state index contributed by atoms with van der Waals surface area (Å²) >= 11 is 0. The van der Waals surface area contributed by atoms with E-state index in [4.69, 9.17) is 13.8 Å². The maximum Gasteiger partial charge on any atom is 0.330 e.